The highest BCUT2D eigenvalue weighted by molar-refractivity contribution is 6.38. The number of benzene rings is 4. The van der Waals surface area contributed by atoms with E-state index in [2.05, 4.69) is 0 Å². The summed E-state index contributed by atoms with van der Waals surface area (Å²) in [6, 6.07) is 15.3. The van der Waals surface area contributed by atoms with Crippen molar-refractivity contribution < 1.29 is 19.8 Å². The van der Waals surface area contributed by atoms with E-state index in [-0.39, 0.29) is 5.75 Å². The van der Waals surface area contributed by atoms with E-state index in [1.54, 1.807) is 12.1 Å². The van der Waals surface area contributed by atoms with Gasteiger partial charge in [0.05, 0.1) is 0 Å². The molecule has 4 aromatic rings. The first-order chi connectivity index (χ1) is 11.6. The molecule has 0 aromatic heterocycles. The molecule has 0 atom stereocenters. The fourth-order valence-electron chi connectivity index (χ4n) is 3.17. The first-order valence-corrected chi connectivity index (χ1v) is 7.39. The summed E-state index contributed by atoms with van der Waals surface area (Å²) in [5.41, 5.74) is 0.301. The van der Waals surface area contributed by atoms with E-state index < -0.39 is 11.8 Å². The van der Waals surface area contributed by atoms with Crippen LogP contribution in [0.5, 0.6) is 5.75 Å². The molecule has 24 heavy (non-hydrogen) atoms. The summed E-state index contributed by atoms with van der Waals surface area (Å²) < 4.78 is 0. The van der Waals surface area contributed by atoms with Gasteiger partial charge in [-0.25, -0.2) is 4.79 Å². The van der Waals surface area contributed by atoms with E-state index in [9.17, 15) is 14.7 Å². The molecule has 0 aliphatic carbocycles. The molecule has 0 amide bonds. The Balaban J connectivity index is 2.03. The van der Waals surface area contributed by atoms with Crippen molar-refractivity contribution in [3.8, 4) is 5.75 Å². The number of aliphatic carboxylic acids is 1. The zero-order valence-corrected chi connectivity index (χ0v) is 12.4. The summed E-state index contributed by atoms with van der Waals surface area (Å²) in [5.74, 6) is -2.81. The molecule has 0 radical (unpaired) electrons. The van der Waals surface area contributed by atoms with Crippen molar-refractivity contribution in [2.24, 2.45) is 0 Å². The summed E-state index contributed by atoms with van der Waals surface area (Å²) in [5, 5.41) is 26.9. The Morgan fingerprint density at radius 3 is 2.29 bits per heavy atom. The normalized spacial score (nSPS) is 11.8. The molecule has 0 saturated carbocycles. The predicted molar refractivity (Wildman–Crippen MR) is 91.3 cm³/mol. The third kappa shape index (κ3) is 2.01. The van der Waals surface area contributed by atoms with E-state index in [1.807, 2.05) is 36.4 Å². The van der Waals surface area contributed by atoms with Crippen LogP contribution in [0.4, 0.5) is 0 Å². The first kappa shape index (κ1) is 14.2. The monoisotopic (exact) mass is 315 g/mol. The third-order valence-corrected chi connectivity index (χ3v) is 4.25. The maximum atomic E-state index is 12.7. The molecule has 0 unspecified atom stereocenters. The highest BCUT2D eigenvalue weighted by atomic mass is 16.4. The molecule has 1 N–H and O–H groups in total. The number of carboxylic acids is 1. The van der Waals surface area contributed by atoms with E-state index in [1.165, 1.54) is 6.08 Å². The number of carboxylic acid groups (broad SMARTS) is 1. The third-order valence-electron chi connectivity index (χ3n) is 4.25. The fourth-order valence-corrected chi connectivity index (χ4v) is 3.17. The lowest BCUT2D eigenvalue weighted by atomic mass is 9.92. The minimum absolute atomic E-state index is 0.213. The van der Waals surface area contributed by atoms with Gasteiger partial charge in [0.1, 0.15) is 0 Å². The Kier molecular flexibility index (Phi) is 3.00. The van der Waals surface area contributed by atoms with Crippen LogP contribution in [0.3, 0.4) is 0 Å². The Morgan fingerprint density at radius 1 is 0.917 bits per heavy atom. The van der Waals surface area contributed by atoms with Crippen molar-refractivity contribution in [3.63, 3.8) is 0 Å². The molecule has 4 nitrogen and oxygen atoms in total. The quantitative estimate of drug-likeness (QED) is 0.357. The Morgan fingerprint density at radius 2 is 1.58 bits per heavy atom. The number of ketones is 1. The second-order valence-corrected chi connectivity index (χ2v) is 5.65. The SMILES string of the molecule is O=C(O)C(=O)/C=C/c1cc2ccc3cccc4ccc(c1[O-])c2c34. The zero-order valence-electron chi connectivity index (χ0n) is 12.4. The van der Waals surface area contributed by atoms with Gasteiger partial charge in [0.15, 0.2) is 0 Å². The zero-order chi connectivity index (χ0) is 16.8. The van der Waals surface area contributed by atoms with Crippen LogP contribution in [0.25, 0.3) is 38.4 Å². The van der Waals surface area contributed by atoms with Crippen molar-refractivity contribution in [2.45, 2.75) is 0 Å². The van der Waals surface area contributed by atoms with Crippen molar-refractivity contribution in [1.29, 1.82) is 0 Å². The highest BCUT2D eigenvalue weighted by Gasteiger charge is 2.10. The number of carbonyl (C=O) groups excluding carboxylic acids is 1. The lowest BCUT2D eigenvalue weighted by Crippen LogP contribution is -2.08. The van der Waals surface area contributed by atoms with Gasteiger partial charge in [-0.15, -0.1) is 0 Å². The largest absolute Gasteiger partial charge is 0.872 e. The molecule has 4 heteroatoms. The average Bonchev–Trinajstić information content (AvgIpc) is 2.59. The van der Waals surface area contributed by atoms with Crippen LogP contribution in [0.15, 0.2) is 54.6 Å². The molecular formula is C20H11O4-. The molecule has 4 aromatic carbocycles. The van der Waals surface area contributed by atoms with Crippen molar-refractivity contribution in [3.05, 3.63) is 60.2 Å². The molecule has 0 bridgehead atoms. The summed E-state index contributed by atoms with van der Waals surface area (Å²) >= 11 is 0. The van der Waals surface area contributed by atoms with Crippen molar-refractivity contribution in [2.75, 3.05) is 0 Å². The van der Waals surface area contributed by atoms with Gasteiger partial charge >= 0.3 is 5.97 Å². The minimum Gasteiger partial charge on any atom is -0.872 e. The molecule has 0 saturated heterocycles. The van der Waals surface area contributed by atoms with Gasteiger partial charge < -0.3 is 10.2 Å². The summed E-state index contributed by atoms with van der Waals surface area (Å²) in [7, 11) is 0. The number of hydrogen-bond donors (Lipinski definition) is 1. The maximum absolute atomic E-state index is 12.7. The minimum atomic E-state index is -1.55. The van der Waals surface area contributed by atoms with E-state index >= 15 is 0 Å². The maximum Gasteiger partial charge on any atom is 0.376 e. The highest BCUT2D eigenvalue weighted by Crippen LogP contribution is 2.39. The van der Waals surface area contributed by atoms with Crippen LogP contribution < -0.4 is 5.11 Å². The molecule has 0 aliphatic rings. The lowest BCUT2D eigenvalue weighted by molar-refractivity contribution is -0.266. The summed E-state index contributed by atoms with van der Waals surface area (Å²) in [4.78, 5) is 21.8. The standard InChI is InChI=1S/C20H12O4/c21-16(20(23)24)9-7-14-10-13-5-4-11-2-1-3-12-6-8-15(19(14)22)18(13)17(11)12/h1-10,22H,(H,23,24)/p-1/b9-7+. The van der Waals surface area contributed by atoms with Gasteiger partial charge in [-0.1, -0.05) is 54.3 Å². The lowest BCUT2D eigenvalue weighted by Gasteiger charge is -2.19. The molecule has 4 rings (SSSR count). The van der Waals surface area contributed by atoms with E-state index in [4.69, 9.17) is 5.11 Å². The molecule has 0 heterocycles. The molecule has 116 valence electrons. The van der Waals surface area contributed by atoms with Gasteiger partial charge in [-0.3, -0.25) is 4.79 Å². The Labute approximate surface area is 136 Å². The van der Waals surface area contributed by atoms with Crippen molar-refractivity contribution in [1.82, 2.24) is 0 Å². The smallest absolute Gasteiger partial charge is 0.376 e. The van der Waals surface area contributed by atoms with Gasteiger partial charge in [-0.05, 0) is 50.0 Å². The number of rotatable bonds is 3. The molecular weight excluding hydrogens is 304 g/mol. The van der Waals surface area contributed by atoms with Gasteiger partial charge in [0.2, 0.25) is 0 Å². The van der Waals surface area contributed by atoms with Crippen LogP contribution in [0, 0.1) is 0 Å². The van der Waals surface area contributed by atoms with Crippen LogP contribution in [-0.4, -0.2) is 16.9 Å². The van der Waals surface area contributed by atoms with Crippen LogP contribution in [0.1, 0.15) is 5.56 Å². The van der Waals surface area contributed by atoms with E-state index in [0.717, 1.165) is 33.0 Å². The number of carbonyl (C=O) groups is 2. The predicted octanol–water partition coefficient (Wildman–Crippen LogP) is 3.32. The van der Waals surface area contributed by atoms with Gasteiger partial charge in [0, 0.05) is 0 Å². The topological polar surface area (TPSA) is 77.4 Å². The van der Waals surface area contributed by atoms with Gasteiger partial charge in [0.25, 0.3) is 5.78 Å². The van der Waals surface area contributed by atoms with E-state index in [0.29, 0.717) is 10.9 Å². The molecule has 0 aliphatic heterocycles. The molecule has 0 fully saturated rings. The van der Waals surface area contributed by atoms with Crippen molar-refractivity contribution >= 4 is 50.1 Å². The van der Waals surface area contributed by atoms with Crippen LogP contribution >= 0.6 is 0 Å². The summed E-state index contributed by atoms with van der Waals surface area (Å²) in [6.45, 7) is 0. The Bertz CT molecular complexity index is 1140. The average molecular weight is 315 g/mol. The fraction of sp³-hybridized carbons (Fsp3) is 0. The Hall–Kier alpha value is -3.40. The second kappa shape index (κ2) is 5.06. The number of hydrogen-bond acceptors (Lipinski definition) is 3. The molecule has 0 spiro atoms. The second-order valence-electron chi connectivity index (χ2n) is 5.65. The van der Waals surface area contributed by atoms with Gasteiger partial charge in [-0.2, -0.15) is 0 Å². The summed E-state index contributed by atoms with van der Waals surface area (Å²) in [6.07, 6.45) is 2.18. The van der Waals surface area contributed by atoms with Crippen LogP contribution in [0.2, 0.25) is 0 Å². The van der Waals surface area contributed by atoms with Crippen LogP contribution in [-0.2, 0) is 9.59 Å². The first-order valence-electron chi connectivity index (χ1n) is 7.39.